The van der Waals surface area contributed by atoms with Crippen LogP contribution in [-0.4, -0.2) is 24.4 Å². The summed E-state index contributed by atoms with van der Waals surface area (Å²) < 4.78 is 55.5. The van der Waals surface area contributed by atoms with Gasteiger partial charge in [0.2, 0.25) is 0 Å². The molecule has 3 nitrogen and oxygen atoms in total. The molecule has 0 bridgehead atoms. The number of benzene rings is 1. The number of allylic oxidation sites excluding steroid dienone is 10. The minimum Gasteiger partial charge on any atom is -0.490 e. The zero-order chi connectivity index (χ0) is 27.5. The van der Waals surface area contributed by atoms with E-state index in [0.29, 0.717) is 43.4 Å². The van der Waals surface area contributed by atoms with Crippen molar-refractivity contribution in [3.63, 3.8) is 0 Å². The molecule has 0 aromatic heterocycles. The van der Waals surface area contributed by atoms with Gasteiger partial charge in [0.15, 0.2) is 17.4 Å². The smallest absolute Gasteiger partial charge is 0.165 e. The van der Waals surface area contributed by atoms with Crippen LogP contribution in [0.25, 0.3) is 0 Å². The van der Waals surface area contributed by atoms with Crippen molar-refractivity contribution in [2.75, 3.05) is 13.2 Å². The van der Waals surface area contributed by atoms with Crippen LogP contribution in [0.4, 0.5) is 13.2 Å². The van der Waals surface area contributed by atoms with Crippen LogP contribution in [0.5, 0.6) is 5.75 Å². The van der Waals surface area contributed by atoms with Crippen molar-refractivity contribution in [1.82, 2.24) is 0 Å². The zero-order valence-corrected chi connectivity index (χ0v) is 22.1. The highest BCUT2D eigenvalue weighted by Gasteiger charge is 2.29. The van der Waals surface area contributed by atoms with Crippen molar-refractivity contribution in [1.29, 1.82) is 0 Å². The van der Waals surface area contributed by atoms with E-state index in [2.05, 4.69) is 6.58 Å². The lowest BCUT2D eigenvalue weighted by atomic mass is 9.82. The van der Waals surface area contributed by atoms with Crippen LogP contribution < -0.4 is 4.74 Å². The van der Waals surface area contributed by atoms with E-state index in [1.807, 2.05) is 25.2 Å². The number of halogens is 3. The highest BCUT2D eigenvalue weighted by molar-refractivity contribution is 5.53. The van der Waals surface area contributed by atoms with E-state index in [1.54, 1.807) is 49.4 Å². The fourth-order valence-corrected chi connectivity index (χ4v) is 4.42. The molecule has 3 unspecified atom stereocenters. The topological polar surface area (TPSA) is 38.7 Å². The van der Waals surface area contributed by atoms with Crippen LogP contribution in [-0.2, 0) is 11.3 Å². The Morgan fingerprint density at radius 1 is 1.21 bits per heavy atom. The Morgan fingerprint density at radius 2 is 2.03 bits per heavy atom. The average Bonchev–Trinajstić information content (AvgIpc) is 2.91. The van der Waals surface area contributed by atoms with Gasteiger partial charge in [-0.05, 0) is 61.4 Å². The molecule has 2 aliphatic rings. The number of ether oxygens (including phenoxy) is 2. The second kappa shape index (κ2) is 14.7. The molecular weight excluding hydrogens is 489 g/mol. The molecule has 0 radical (unpaired) electrons. The van der Waals surface area contributed by atoms with E-state index >= 15 is 8.78 Å². The molecule has 0 spiro atoms. The van der Waals surface area contributed by atoms with Crippen LogP contribution in [0.15, 0.2) is 102 Å². The van der Waals surface area contributed by atoms with Crippen molar-refractivity contribution < 1.29 is 27.8 Å². The molecule has 0 aliphatic heterocycles. The van der Waals surface area contributed by atoms with Gasteiger partial charge in [-0.25, -0.2) is 13.2 Å². The third-order valence-electron chi connectivity index (χ3n) is 6.58. The Bertz CT molecular complexity index is 1150. The second-order valence-electron chi connectivity index (χ2n) is 9.45. The van der Waals surface area contributed by atoms with E-state index in [4.69, 9.17) is 9.47 Å². The summed E-state index contributed by atoms with van der Waals surface area (Å²) in [6, 6.07) is 4.70. The lowest BCUT2D eigenvalue weighted by Gasteiger charge is -2.25. The first kappa shape index (κ1) is 29.5. The van der Waals surface area contributed by atoms with Gasteiger partial charge in [0, 0.05) is 17.4 Å². The quantitative estimate of drug-likeness (QED) is 0.160. The summed E-state index contributed by atoms with van der Waals surface area (Å²) in [7, 11) is 0. The molecule has 1 aromatic rings. The molecule has 3 rings (SSSR count). The number of hydrogen-bond donors (Lipinski definition) is 1. The maximum Gasteiger partial charge on any atom is 0.165 e. The van der Waals surface area contributed by atoms with Crippen LogP contribution in [0.1, 0.15) is 45.1 Å². The summed E-state index contributed by atoms with van der Waals surface area (Å²) in [5.41, 5.74) is 2.24. The molecule has 0 saturated carbocycles. The third kappa shape index (κ3) is 7.95. The molecule has 1 aromatic carbocycles. The maximum absolute atomic E-state index is 15.2. The summed E-state index contributed by atoms with van der Waals surface area (Å²) >= 11 is 0. The molecular formula is C32H37F3O3. The van der Waals surface area contributed by atoms with E-state index in [1.165, 1.54) is 6.07 Å². The van der Waals surface area contributed by atoms with Gasteiger partial charge >= 0.3 is 0 Å². The SMILES string of the molecule is C=CCCOc1ccc(COC/C=C\C(=C/CC)C2=CCC(C3=CCC(C(C)O)C=C3)C(F)=C2F)cc1F. The van der Waals surface area contributed by atoms with Crippen molar-refractivity contribution in [2.24, 2.45) is 11.8 Å². The zero-order valence-electron chi connectivity index (χ0n) is 22.1. The summed E-state index contributed by atoms with van der Waals surface area (Å²) in [5, 5.41) is 9.75. The highest BCUT2D eigenvalue weighted by Crippen LogP contribution is 2.40. The van der Waals surface area contributed by atoms with E-state index in [-0.39, 0.29) is 30.5 Å². The van der Waals surface area contributed by atoms with E-state index < -0.39 is 29.5 Å². The monoisotopic (exact) mass is 526 g/mol. The lowest BCUT2D eigenvalue weighted by Crippen LogP contribution is -2.18. The molecule has 0 amide bonds. The minimum atomic E-state index is -0.843. The Kier molecular flexibility index (Phi) is 11.4. The molecule has 0 heterocycles. The number of aliphatic hydroxyl groups excluding tert-OH is 1. The third-order valence-corrected chi connectivity index (χ3v) is 6.58. The number of hydrogen-bond acceptors (Lipinski definition) is 3. The highest BCUT2D eigenvalue weighted by atomic mass is 19.2. The van der Waals surface area contributed by atoms with Crippen LogP contribution in [0.2, 0.25) is 0 Å². The minimum absolute atomic E-state index is 0.00317. The second-order valence-corrected chi connectivity index (χ2v) is 9.45. The van der Waals surface area contributed by atoms with Crippen molar-refractivity contribution in [3.8, 4) is 5.75 Å². The molecule has 3 atom stereocenters. The first-order valence-electron chi connectivity index (χ1n) is 13.1. The number of rotatable bonds is 13. The Balaban J connectivity index is 1.57. The molecule has 204 valence electrons. The van der Waals surface area contributed by atoms with Crippen molar-refractivity contribution >= 4 is 0 Å². The number of aliphatic hydroxyl groups is 1. The predicted octanol–water partition coefficient (Wildman–Crippen LogP) is 8.17. The van der Waals surface area contributed by atoms with Gasteiger partial charge in [-0.2, -0.15) is 0 Å². The average molecular weight is 527 g/mol. The summed E-state index contributed by atoms with van der Waals surface area (Å²) in [4.78, 5) is 0. The molecule has 38 heavy (non-hydrogen) atoms. The summed E-state index contributed by atoms with van der Waals surface area (Å²) in [5.74, 6) is -2.53. The van der Waals surface area contributed by atoms with Crippen LogP contribution >= 0.6 is 0 Å². The van der Waals surface area contributed by atoms with E-state index in [0.717, 1.165) is 5.57 Å². The van der Waals surface area contributed by atoms with E-state index in [9.17, 15) is 9.50 Å². The van der Waals surface area contributed by atoms with Gasteiger partial charge in [0.05, 0.1) is 25.9 Å². The largest absolute Gasteiger partial charge is 0.490 e. The van der Waals surface area contributed by atoms with Gasteiger partial charge < -0.3 is 14.6 Å². The summed E-state index contributed by atoms with van der Waals surface area (Å²) in [6.45, 7) is 8.06. The fourth-order valence-electron chi connectivity index (χ4n) is 4.42. The van der Waals surface area contributed by atoms with Gasteiger partial charge in [0.25, 0.3) is 0 Å². The van der Waals surface area contributed by atoms with Gasteiger partial charge in [0.1, 0.15) is 5.83 Å². The molecule has 2 aliphatic carbocycles. The first-order valence-corrected chi connectivity index (χ1v) is 13.1. The molecule has 0 saturated heterocycles. The Morgan fingerprint density at radius 3 is 2.68 bits per heavy atom. The Hall–Kier alpha value is -3.09. The molecule has 6 heteroatoms. The van der Waals surface area contributed by atoms with Gasteiger partial charge in [-0.15, -0.1) is 6.58 Å². The van der Waals surface area contributed by atoms with Crippen molar-refractivity contribution in [3.05, 3.63) is 113 Å². The van der Waals surface area contributed by atoms with Crippen LogP contribution in [0, 0.1) is 17.7 Å². The fraction of sp³-hybridized carbons (Fsp3) is 0.375. The van der Waals surface area contributed by atoms with Gasteiger partial charge in [-0.3, -0.25) is 0 Å². The maximum atomic E-state index is 15.2. The Labute approximate surface area is 224 Å². The first-order chi connectivity index (χ1) is 18.3. The normalized spacial score (nSPS) is 20.9. The lowest BCUT2D eigenvalue weighted by molar-refractivity contribution is 0.148. The van der Waals surface area contributed by atoms with Crippen molar-refractivity contribution in [2.45, 2.75) is 52.2 Å². The molecule has 1 N–H and O–H groups in total. The van der Waals surface area contributed by atoms with Gasteiger partial charge in [-0.1, -0.05) is 61.6 Å². The standard InChI is InChI=1S/C32H37F3O3/c1-4-6-19-38-30-17-10-23(20-29(30)33)21-37-18-7-9-25(8-5-2)27-15-16-28(32(35)31(27)34)26-13-11-24(12-14-26)22(3)36/h4,7-11,13-15,17,20,22,24,28,36H,1,5-6,12,16,18-19,21H2,2-3H3/b9-7-,25-8+. The summed E-state index contributed by atoms with van der Waals surface area (Å²) in [6.07, 6.45) is 16.1. The predicted molar refractivity (Wildman–Crippen MR) is 146 cm³/mol. The molecule has 0 fully saturated rings. The van der Waals surface area contributed by atoms with Crippen LogP contribution in [0.3, 0.4) is 0 Å².